The molecule has 140 valence electrons. The molecule has 0 saturated heterocycles. The normalized spacial score (nSPS) is 11.1. The van der Waals surface area contributed by atoms with E-state index in [2.05, 4.69) is 10.3 Å². The smallest absolute Gasteiger partial charge is 0.262 e. The highest BCUT2D eigenvalue weighted by Gasteiger charge is 2.15. The Labute approximate surface area is 166 Å². The third-order valence-corrected chi connectivity index (χ3v) is 5.53. The molecule has 0 atom stereocenters. The van der Waals surface area contributed by atoms with Gasteiger partial charge in [0.05, 0.1) is 16.7 Å². The van der Waals surface area contributed by atoms with E-state index in [1.54, 1.807) is 28.8 Å². The van der Waals surface area contributed by atoms with E-state index in [-0.39, 0.29) is 23.3 Å². The van der Waals surface area contributed by atoms with Crippen molar-refractivity contribution in [1.29, 1.82) is 0 Å². The van der Waals surface area contributed by atoms with Crippen LogP contribution in [-0.4, -0.2) is 21.2 Å². The molecule has 0 aliphatic carbocycles. The number of nitrogens with zero attached hydrogens (tertiary/aromatic N) is 2. The summed E-state index contributed by atoms with van der Waals surface area (Å²) in [5.74, 6) is -0.0354. The van der Waals surface area contributed by atoms with Crippen molar-refractivity contribution < 1.29 is 4.79 Å². The number of aromatic nitrogens is 2. The van der Waals surface area contributed by atoms with Crippen molar-refractivity contribution in [3.8, 4) is 0 Å². The van der Waals surface area contributed by atoms with Crippen molar-refractivity contribution in [2.24, 2.45) is 0 Å². The summed E-state index contributed by atoms with van der Waals surface area (Å²) >= 11 is 7.34. The van der Waals surface area contributed by atoms with Crippen LogP contribution in [0.25, 0.3) is 10.9 Å². The number of anilines is 1. The molecule has 0 bridgehead atoms. The van der Waals surface area contributed by atoms with E-state index in [9.17, 15) is 9.59 Å². The summed E-state index contributed by atoms with van der Waals surface area (Å²) in [6.45, 7) is 5.71. The highest BCUT2D eigenvalue weighted by atomic mass is 35.5. The Hall–Kier alpha value is -2.31. The van der Waals surface area contributed by atoms with Crippen molar-refractivity contribution in [2.45, 2.75) is 32.0 Å². The first kappa shape index (κ1) is 19.5. The molecule has 2 aromatic carbocycles. The number of halogens is 1. The average molecular weight is 402 g/mol. The van der Waals surface area contributed by atoms with Gasteiger partial charge in [-0.05, 0) is 50.6 Å². The van der Waals surface area contributed by atoms with Crippen molar-refractivity contribution in [1.82, 2.24) is 9.55 Å². The number of benzene rings is 2. The molecule has 0 unspecified atom stereocenters. The molecule has 0 aliphatic heterocycles. The monoisotopic (exact) mass is 401 g/mol. The zero-order valence-electron chi connectivity index (χ0n) is 15.3. The summed E-state index contributed by atoms with van der Waals surface area (Å²) in [5.41, 5.74) is 2.04. The second kappa shape index (κ2) is 8.15. The molecule has 1 N–H and O–H groups in total. The molecule has 0 saturated carbocycles. The van der Waals surface area contributed by atoms with Crippen LogP contribution in [0.2, 0.25) is 5.02 Å². The van der Waals surface area contributed by atoms with Crippen LogP contribution in [0, 0.1) is 6.92 Å². The van der Waals surface area contributed by atoms with E-state index in [0.29, 0.717) is 26.8 Å². The highest BCUT2D eigenvalue weighted by Crippen LogP contribution is 2.24. The third kappa shape index (κ3) is 4.17. The number of carbonyl (C=O) groups excluding carboxylic acids is 1. The Kier molecular flexibility index (Phi) is 5.87. The van der Waals surface area contributed by atoms with E-state index in [1.165, 1.54) is 11.8 Å². The zero-order valence-corrected chi connectivity index (χ0v) is 16.9. The van der Waals surface area contributed by atoms with Gasteiger partial charge >= 0.3 is 0 Å². The van der Waals surface area contributed by atoms with Gasteiger partial charge in [0.1, 0.15) is 0 Å². The third-order valence-electron chi connectivity index (χ3n) is 4.17. The molecular weight excluding hydrogens is 382 g/mol. The van der Waals surface area contributed by atoms with Gasteiger partial charge in [0, 0.05) is 16.8 Å². The molecule has 0 radical (unpaired) electrons. The number of fused-ring (bicyclic) bond motifs is 1. The lowest BCUT2D eigenvalue weighted by molar-refractivity contribution is -0.113. The molecule has 27 heavy (non-hydrogen) atoms. The molecule has 3 rings (SSSR count). The Bertz CT molecular complexity index is 1060. The van der Waals surface area contributed by atoms with E-state index < -0.39 is 0 Å². The summed E-state index contributed by atoms with van der Waals surface area (Å²) in [7, 11) is 0. The first-order valence-corrected chi connectivity index (χ1v) is 9.94. The second-order valence-corrected chi connectivity index (χ2v) is 7.78. The number of carbonyl (C=O) groups is 1. The van der Waals surface area contributed by atoms with E-state index in [4.69, 9.17) is 11.6 Å². The minimum atomic E-state index is -0.178. The molecule has 7 heteroatoms. The molecule has 0 spiro atoms. The van der Waals surface area contributed by atoms with E-state index >= 15 is 0 Å². The number of para-hydroxylation sites is 1. The fourth-order valence-corrected chi connectivity index (χ4v) is 3.84. The molecule has 5 nitrogen and oxygen atoms in total. The van der Waals surface area contributed by atoms with E-state index in [1.807, 2.05) is 39.0 Å². The molecule has 1 aromatic heterocycles. The first-order chi connectivity index (χ1) is 12.9. The lowest BCUT2D eigenvalue weighted by Gasteiger charge is -2.16. The van der Waals surface area contributed by atoms with Gasteiger partial charge < -0.3 is 5.32 Å². The van der Waals surface area contributed by atoms with Gasteiger partial charge in [-0.1, -0.05) is 41.6 Å². The molecule has 1 heterocycles. The lowest BCUT2D eigenvalue weighted by atomic mass is 10.2. The van der Waals surface area contributed by atoms with Crippen LogP contribution in [0.3, 0.4) is 0 Å². The number of amides is 1. The zero-order chi connectivity index (χ0) is 19.6. The summed E-state index contributed by atoms with van der Waals surface area (Å²) < 4.78 is 1.63. The van der Waals surface area contributed by atoms with Gasteiger partial charge in [0.15, 0.2) is 5.16 Å². The van der Waals surface area contributed by atoms with Crippen LogP contribution >= 0.6 is 23.4 Å². The quantitative estimate of drug-likeness (QED) is 0.498. The maximum atomic E-state index is 12.8. The van der Waals surface area contributed by atoms with Gasteiger partial charge in [-0.2, -0.15) is 0 Å². The Morgan fingerprint density at radius 1 is 1.22 bits per heavy atom. The van der Waals surface area contributed by atoms with Gasteiger partial charge in [-0.3, -0.25) is 14.2 Å². The van der Waals surface area contributed by atoms with Crippen LogP contribution < -0.4 is 10.9 Å². The van der Waals surface area contributed by atoms with Crippen LogP contribution in [0.4, 0.5) is 5.69 Å². The predicted octanol–water partition coefficient (Wildman–Crippen LogP) is 4.67. The summed E-state index contributed by atoms with van der Waals surface area (Å²) in [6.07, 6.45) is 0. The average Bonchev–Trinajstić information content (AvgIpc) is 2.63. The highest BCUT2D eigenvalue weighted by molar-refractivity contribution is 7.99. The summed E-state index contributed by atoms with van der Waals surface area (Å²) in [6, 6.07) is 12.6. The Morgan fingerprint density at radius 3 is 2.70 bits per heavy atom. The minimum Gasteiger partial charge on any atom is -0.325 e. The molecule has 1 amide bonds. The SMILES string of the molecule is Cc1c(Cl)cccc1NC(=O)CSc1nc2ccccc2c(=O)n1C(C)C. The van der Waals surface area contributed by atoms with Gasteiger partial charge in [0.25, 0.3) is 5.56 Å². The number of nitrogens with one attached hydrogen (secondary N) is 1. The van der Waals surface area contributed by atoms with Crippen LogP contribution in [0.15, 0.2) is 52.4 Å². The minimum absolute atomic E-state index is 0.0599. The lowest BCUT2D eigenvalue weighted by Crippen LogP contribution is -2.25. The number of hydrogen-bond acceptors (Lipinski definition) is 4. The fraction of sp³-hybridized carbons (Fsp3) is 0.250. The van der Waals surface area contributed by atoms with Crippen molar-refractivity contribution in [3.63, 3.8) is 0 Å². The van der Waals surface area contributed by atoms with Crippen LogP contribution in [0.5, 0.6) is 0 Å². The maximum Gasteiger partial charge on any atom is 0.262 e. The second-order valence-electron chi connectivity index (χ2n) is 6.43. The number of hydrogen-bond donors (Lipinski definition) is 1. The number of thioether (sulfide) groups is 1. The number of rotatable bonds is 5. The Morgan fingerprint density at radius 2 is 1.96 bits per heavy atom. The topological polar surface area (TPSA) is 64.0 Å². The summed E-state index contributed by atoms with van der Waals surface area (Å²) in [4.78, 5) is 29.8. The Balaban J connectivity index is 1.84. The van der Waals surface area contributed by atoms with Gasteiger partial charge in [-0.15, -0.1) is 0 Å². The fourth-order valence-electron chi connectivity index (χ4n) is 2.74. The largest absolute Gasteiger partial charge is 0.325 e. The van der Waals surface area contributed by atoms with Crippen LogP contribution in [0.1, 0.15) is 25.5 Å². The van der Waals surface area contributed by atoms with Crippen molar-refractivity contribution >= 4 is 45.9 Å². The maximum absolute atomic E-state index is 12.8. The van der Waals surface area contributed by atoms with E-state index in [0.717, 1.165) is 5.56 Å². The summed E-state index contributed by atoms with van der Waals surface area (Å²) in [5, 5.41) is 4.58. The molecule has 0 fully saturated rings. The first-order valence-electron chi connectivity index (χ1n) is 8.57. The molecule has 0 aliphatic rings. The molecular formula is C20H20ClN3O2S. The standard InChI is InChI=1S/C20H20ClN3O2S/c1-12(2)24-19(26)14-7-4-5-9-17(14)23-20(24)27-11-18(25)22-16-10-6-8-15(21)13(16)3/h4-10,12H,11H2,1-3H3,(H,22,25). The predicted molar refractivity (Wildman–Crippen MR) is 112 cm³/mol. The van der Waals surface area contributed by atoms with Crippen molar-refractivity contribution in [2.75, 3.05) is 11.1 Å². The van der Waals surface area contributed by atoms with Gasteiger partial charge in [-0.25, -0.2) is 4.98 Å². The van der Waals surface area contributed by atoms with Crippen LogP contribution in [-0.2, 0) is 4.79 Å². The van der Waals surface area contributed by atoms with Gasteiger partial charge in [0.2, 0.25) is 5.91 Å². The van der Waals surface area contributed by atoms with Crippen molar-refractivity contribution in [3.05, 3.63) is 63.4 Å². The molecule has 3 aromatic rings.